The van der Waals surface area contributed by atoms with Crippen LogP contribution in [0.15, 0.2) is 29.0 Å². The van der Waals surface area contributed by atoms with Crippen molar-refractivity contribution in [2.24, 2.45) is 34.5 Å². The summed E-state index contributed by atoms with van der Waals surface area (Å²) < 4.78 is 0. The molecule has 0 heterocycles. The summed E-state index contributed by atoms with van der Waals surface area (Å²) in [4.78, 5) is 40.5. The van der Waals surface area contributed by atoms with Crippen molar-refractivity contribution in [3.8, 4) is 5.75 Å². The number of phenolic OH excluding ortho intramolecular Hbond substituents is 1. The van der Waals surface area contributed by atoms with Crippen molar-refractivity contribution in [2.75, 3.05) is 0 Å². The van der Waals surface area contributed by atoms with Crippen LogP contribution in [0.2, 0.25) is 0 Å². The van der Waals surface area contributed by atoms with Gasteiger partial charge < -0.3 is 20.4 Å². The summed E-state index contributed by atoms with van der Waals surface area (Å²) in [6, 6.07) is 3.45. The number of rotatable bonds is 4. The number of Topliss-reactive ketones (excluding diaryl/α,β-unsaturated/α-hetero) is 3. The second kappa shape index (κ2) is 9.30. The summed E-state index contributed by atoms with van der Waals surface area (Å²) in [5.41, 5.74) is -3.63. The van der Waals surface area contributed by atoms with Gasteiger partial charge >= 0.3 is 0 Å². The van der Waals surface area contributed by atoms with Gasteiger partial charge in [0.1, 0.15) is 22.8 Å². The van der Waals surface area contributed by atoms with Crippen molar-refractivity contribution in [1.82, 2.24) is 0 Å². The van der Waals surface area contributed by atoms with E-state index >= 15 is 0 Å². The maximum atomic E-state index is 14.4. The number of ketones is 3. The van der Waals surface area contributed by atoms with Crippen LogP contribution in [0.5, 0.6) is 5.75 Å². The Hall–Kier alpha value is -2.93. The number of benzene rings is 1. The Labute approximate surface area is 236 Å². The van der Waals surface area contributed by atoms with Gasteiger partial charge in [-0.15, -0.1) is 0 Å². The number of carbonyl (C=O) groups is 3. The lowest BCUT2D eigenvalue weighted by Gasteiger charge is -2.59. The van der Waals surface area contributed by atoms with Gasteiger partial charge in [-0.25, -0.2) is 0 Å². The Morgan fingerprint density at radius 1 is 1.05 bits per heavy atom. The van der Waals surface area contributed by atoms with E-state index in [1.54, 1.807) is 26.8 Å². The molecule has 40 heavy (non-hydrogen) atoms. The first-order valence-electron chi connectivity index (χ1n) is 14.6. The summed E-state index contributed by atoms with van der Waals surface area (Å²) in [5, 5.41) is 46.0. The molecular formula is C33H42O7. The van der Waals surface area contributed by atoms with Crippen LogP contribution in [0.3, 0.4) is 0 Å². The monoisotopic (exact) mass is 550 g/mol. The van der Waals surface area contributed by atoms with Crippen LogP contribution in [-0.4, -0.2) is 43.4 Å². The third-order valence-corrected chi connectivity index (χ3v) is 10.6. The molecule has 1 aromatic carbocycles. The Morgan fingerprint density at radius 2 is 1.68 bits per heavy atom. The number of aromatic hydroxyl groups is 1. The Kier molecular flexibility index (Phi) is 6.65. The highest BCUT2D eigenvalue weighted by Crippen LogP contribution is 2.65. The van der Waals surface area contributed by atoms with Gasteiger partial charge in [-0.2, -0.15) is 0 Å². The number of phenols is 1. The molecule has 0 saturated heterocycles. The topological polar surface area (TPSA) is 132 Å². The Morgan fingerprint density at radius 3 is 2.25 bits per heavy atom. The van der Waals surface area contributed by atoms with Gasteiger partial charge in [-0.3, -0.25) is 14.4 Å². The minimum Gasteiger partial charge on any atom is -0.508 e. The Balaban J connectivity index is 1.71. The molecule has 0 aliphatic heterocycles. The molecule has 0 amide bonds. The summed E-state index contributed by atoms with van der Waals surface area (Å²) >= 11 is 0. The third-order valence-electron chi connectivity index (χ3n) is 10.6. The summed E-state index contributed by atoms with van der Waals surface area (Å²) in [5.74, 6) is -3.76. The first kappa shape index (κ1) is 28.6. The molecule has 5 rings (SSSR count). The lowest BCUT2D eigenvalue weighted by atomic mass is 9.43. The van der Waals surface area contributed by atoms with Crippen molar-refractivity contribution in [1.29, 1.82) is 0 Å². The van der Waals surface area contributed by atoms with E-state index < -0.39 is 56.8 Å². The molecule has 7 nitrogen and oxygen atoms in total. The molecule has 2 saturated carbocycles. The fraction of sp³-hybridized carbons (Fsp3) is 0.606. The van der Waals surface area contributed by atoms with E-state index in [0.717, 1.165) is 37.3 Å². The van der Waals surface area contributed by atoms with Crippen molar-refractivity contribution in [3.63, 3.8) is 0 Å². The highest BCUT2D eigenvalue weighted by Gasteiger charge is 2.72. The van der Waals surface area contributed by atoms with Crippen molar-refractivity contribution < 1.29 is 34.8 Å². The number of aliphatic hydroxyl groups excluding tert-OH is 2. The van der Waals surface area contributed by atoms with E-state index in [2.05, 4.69) is 6.92 Å². The van der Waals surface area contributed by atoms with Gasteiger partial charge in [0.15, 0.2) is 17.2 Å². The van der Waals surface area contributed by atoms with Gasteiger partial charge in [-0.05, 0) is 74.0 Å². The largest absolute Gasteiger partial charge is 0.508 e. The van der Waals surface area contributed by atoms with Gasteiger partial charge in [0, 0.05) is 22.3 Å². The molecule has 4 atom stereocenters. The minimum absolute atomic E-state index is 0.0785. The van der Waals surface area contributed by atoms with E-state index in [0.29, 0.717) is 18.3 Å². The molecule has 1 aromatic rings. The number of hydrogen-bond acceptors (Lipinski definition) is 7. The lowest BCUT2D eigenvalue weighted by molar-refractivity contribution is -0.178. The van der Waals surface area contributed by atoms with Gasteiger partial charge in [0.25, 0.3) is 0 Å². The van der Waals surface area contributed by atoms with Gasteiger partial charge in [0.05, 0.1) is 5.56 Å². The van der Waals surface area contributed by atoms with E-state index in [4.69, 9.17) is 0 Å². The maximum Gasteiger partial charge on any atom is 0.203 e. The average molecular weight is 551 g/mol. The van der Waals surface area contributed by atoms with Gasteiger partial charge in [-0.1, -0.05) is 53.5 Å². The standard InChI is InChI=1S/C33H42O7/c1-16(2)25-27(36)23(18(4)34)29(38)33(40)30(39)26-28(37)24-21(14-31(26,5)15-32(25,33)6)20(11-12-22(24)35)13-19-9-7-17(3)8-10-19/h11-12,16-17,19,25,35,37-38,40H,7-10,13-15H2,1-6H3/t17?,19?,25?,31-,32-,33+/m1/s1. The number of hydrogen-bond donors (Lipinski definition) is 4. The van der Waals surface area contributed by atoms with Gasteiger partial charge in [0.2, 0.25) is 5.78 Å². The van der Waals surface area contributed by atoms with Crippen LogP contribution >= 0.6 is 0 Å². The molecule has 7 heteroatoms. The van der Waals surface area contributed by atoms with Crippen molar-refractivity contribution >= 4 is 23.1 Å². The Bertz CT molecular complexity index is 1380. The summed E-state index contributed by atoms with van der Waals surface area (Å²) in [6.45, 7) is 10.5. The normalized spacial score (nSPS) is 36.0. The molecule has 4 aliphatic rings. The zero-order valence-corrected chi connectivity index (χ0v) is 24.4. The van der Waals surface area contributed by atoms with Crippen molar-refractivity contribution in [2.45, 2.75) is 92.1 Å². The molecule has 0 aromatic heterocycles. The highest BCUT2D eigenvalue weighted by molar-refractivity contribution is 6.24. The number of fused-ring (bicyclic) bond motifs is 3. The van der Waals surface area contributed by atoms with Crippen LogP contribution in [0, 0.1) is 34.5 Å². The van der Waals surface area contributed by atoms with Crippen LogP contribution in [0.1, 0.15) is 90.3 Å². The lowest BCUT2D eigenvalue weighted by Crippen LogP contribution is -2.69. The molecule has 0 bridgehead atoms. The van der Waals surface area contributed by atoms with E-state index in [-0.39, 0.29) is 29.2 Å². The molecule has 0 radical (unpaired) electrons. The van der Waals surface area contributed by atoms with E-state index in [1.807, 2.05) is 13.0 Å². The van der Waals surface area contributed by atoms with Crippen LogP contribution in [-0.2, 0) is 27.2 Å². The SMILES string of the molecule is CC(=O)C1=C(O)[C@]2(O)C(=O)C3=C(O)c4c(O)ccc(CC5CCC(C)CC5)c4C[C@]3(C)C[C@]2(C)C(C(C)C)C1=O. The first-order valence-corrected chi connectivity index (χ1v) is 14.6. The van der Waals surface area contributed by atoms with Crippen LogP contribution < -0.4 is 0 Å². The second-order valence-corrected chi connectivity index (χ2v) is 13.9. The first-order chi connectivity index (χ1) is 18.6. The molecule has 216 valence electrons. The summed E-state index contributed by atoms with van der Waals surface area (Å²) in [6.07, 6.45) is 5.83. The molecule has 4 N–H and O–H groups in total. The highest BCUT2D eigenvalue weighted by atomic mass is 16.3. The predicted molar refractivity (Wildman–Crippen MR) is 151 cm³/mol. The quantitative estimate of drug-likeness (QED) is 0.361. The van der Waals surface area contributed by atoms with E-state index in [9.17, 15) is 34.8 Å². The number of carbonyl (C=O) groups excluding carboxylic acids is 3. The maximum absolute atomic E-state index is 14.4. The zero-order valence-electron chi connectivity index (χ0n) is 24.4. The van der Waals surface area contributed by atoms with Crippen LogP contribution in [0.25, 0.3) is 5.76 Å². The zero-order chi connectivity index (χ0) is 29.5. The number of aliphatic hydroxyl groups is 3. The smallest absolute Gasteiger partial charge is 0.203 e. The molecular weight excluding hydrogens is 508 g/mol. The molecule has 1 unspecified atom stereocenters. The molecule has 4 aliphatic carbocycles. The average Bonchev–Trinajstić information content (AvgIpc) is 2.84. The third kappa shape index (κ3) is 3.76. The predicted octanol–water partition coefficient (Wildman–Crippen LogP) is 5.56. The summed E-state index contributed by atoms with van der Waals surface area (Å²) in [7, 11) is 0. The molecule has 0 spiro atoms. The fourth-order valence-corrected chi connectivity index (χ4v) is 8.81. The van der Waals surface area contributed by atoms with Crippen LogP contribution in [0.4, 0.5) is 0 Å². The minimum atomic E-state index is -2.58. The van der Waals surface area contributed by atoms with E-state index in [1.165, 1.54) is 12.8 Å². The number of allylic oxidation sites excluding steroid dienone is 1. The second-order valence-electron chi connectivity index (χ2n) is 13.9. The fourth-order valence-electron chi connectivity index (χ4n) is 8.81. The molecule has 2 fully saturated rings. The van der Waals surface area contributed by atoms with Crippen molar-refractivity contribution in [3.05, 3.63) is 45.7 Å².